The number of hydrogen-bond acceptors (Lipinski definition) is 2. The van der Waals surface area contributed by atoms with Gasteiger partial charge in [0.2, 0.25) is 5.91 Å². The first kappa shape index (κ1) is 11.3. The summed E-state index contributed by atoms with van der Waals surface area (Å²) < 4.78 is 0. The molecule has 0 N–H and O–H groups in total. The lowest BCUT2D eigenvalue weighted by atomic mass is 9.97. The van der Waals surface area contributed by atoms with Gasteiger partial charge in [-0.15, -0.1) is 0 Å². The Kier molecular flexibility index (Phi) is 3.29. The SMILES string of the molecule is CC1CCN(C(=O)CC2(CS)CC2)CC1. The fourth-order valence-electron chi connectivity index (χ4n) is 2.26. The number of thiol groups is 1. The van der Waals surface area contributed by atoms with E-state index in [0.717, 1.165) is 31.2 Å². The van der Waals surface area contributed by atoms with Crippen LogP contribution >= 0.6 is 12.6 Å². The summed E-state index contributed by atoms with van der Waals surface area (Å²) in [7, 11) is 0. The average molecular weight is 227 g/mol. The monoisotopic (exact) mass is 227 g/mol. The third kappa shape index (κ3) is 2.68. The molecule has 15 heavy (non-hydrogen) atoms. The number of nitrogens with zero attached hydrogens (tertiary/aromatic N) is 1. The quantitative estimate of drug-likeness (QED) is 0.734. The molecular formula is C12H21NOS. The van der Waals surface area contributed by atoms with E-state index in [1.807, 2.05) is 0 Å². The zero-order chi connectivity index (χ0) is 10.9. The Labute approximate surface area is 97.8 Å². The molecule has 0 aromatic carbocycles. The van der Waals surface area contributed by atoms with Crippen LogP contribution in [0.2, 0.25) is 0 Å². The van der Waals surface area contributed by atoms with E-state index in [1.165, 1.54) is 25.7 Å². The van der Waals surface area contributed by atoms with E-state index < -0.39 is 0 Å². The van der Waals surface area contributed by atoms with Crippen LogP contribution in [0.4, 0.5) is 0 Å². The molecule has 1 amide bonds. The maximum atomic E-state index is 12.0. The number of amides is 1. The van der Waals surface area contributed by atoms with Crippen molar-refractivity contribution in [3.05, 3.63) is 0 Å². The molecule has 3 heteroatoms. The van der Waals surface area contributed by atoms with Crippen molar-refractivity contribution in [1.82, 2.24) is 4.90 Å². The molecule has 1 aliphatic heterocycles. The van der Waals surface area contributed by atoms with E-state index in [9.17, 15) is 4.79 Å². The second-order valence-electron chi connectivity index (χ2n) is 5.40. The van der Waals surface area contributed by atoms with Gasteiger partial charge in [-0.3, -0.25) is 4.79 Å². The average Bonchev–Trinajstić information content (AvgIpc) is 2.99. The summed E-state index contributed by atoms with van der Waals surface area (Å²) in [6, 6.07) is 0. The molecular weight excluding hydrogens is 206 g/mol. The second kappa shape index (κ2) is 4.36. The first-order valence-electron chi connectivity index (χ1n) is 6.04. The van der Waals surface area contributed by atoms with E-state index in [1.54, 1.807) is 0 Å². The van der Waals surface area contributed by atoms with Crippen LogP contribution in [0.1, 0.15) is 39.0 Å². The van der Waals surface area contributed by atoms with E-state index in [2.05, 4.69) is 24.5 Å². The van der Waals surface area contributed by atoms with Crippen LogP contribution in [-0.2, 0) is 4.79 Å². The van der Waals surface area contributed by atoms with E-state index in [4.69, 9.17) is 0 Å². The zero-order valence-corrected chi connectivity index (χ0v) is 10.4. The molecule has 0 aromatic heterocycles. The number of likely N-dealkylation sites (tertiary alicyclic amines) is 1. The van der Waals surface area contributed by atoms with Gasteiger partial charge in [0.1, 0.15) is 0 Å². The summed E-state index contributed by atoms with van der Waals surface area (Å²) in [4.78, 5) is 14.1. The van der Waals surface area contributed by atoms with Gasteiger partial charge in [-0.25, -0.2) is 0 Å². The Morgan fingerprint density at radius 1 is 1.40 bits per heavy atom. The minimum atomic E-state index is 0.281. The van der Waals surface area contributed by atoms with Crippen LogP contribution in [-0.4, -0.2) is 29.6 Å². The maximum Gasteiger partial charge on any atom is 0.223 e. The van der Waals surface area contributed by atoms with Crippen LogP contribution in [0.15, 0.2) is 0 Å². The Bertz CT molecular complexity index is 242. The Morgan fingerprint density at radius 3 is 2.47 bits per heavy atom. The summed E-state index contributed by atoms with van der Waals surface area (Å²) in [5.74, 6) is 2.05. The summed E-state index contributed by atoms with van der Waals surface area (Å²) in [5, 5.41) is 0. The minimum absolute atomic E-state index is 0.281. The molecule has 2 nitrogen and oxygen atoms in total. The smallest absolute Gasteiger partial charge is 0.223 e. The summed E-state index contributed by atoms with van der Waals surface area (Å²) in [6.07, 6.45) is 5.50. The van der Waals surface area contributed by atoms with Gasteiger partial charge < -0.3 is 4.90 Å². The lowest BCUT2D eigenvalue weighted by molar-refractivity contribution is -0.133. The highest BCUT2D eigenvalue weighted by molar-refractivity contribution is 7.80. The lowest BCUT2D eigenvalue weighted by Gasteiger charge is -2.31. The van der Waals surface area contributed by atoms with Gasteiger partial charge in [-0.05, 0) is 42.8 Å². The summed E-state index contributed by atoms with van der Waals surface area (Å²) >= 11 is 4.35. The highest BCUT2D eigenvalue weighted by Gasteiger charge is 2.43. The van der Waals surface area contributed by atoms with Crippen LogP contribution in [0.5, 0.6) is 0 Å². The predicted molar refractivity (Wildman–Crippen MR) is 65.1 cm³/mol. The van der Waals surface area contributed by atoms with Crippen molar-refractivity contribution in [1.29, 1.82) is 0 Å². The number of hydrogen-bond donors (Lipinski definition) is 1. The van der Waals surface area contributed by atoms with Gasteiger partial charge in [0, 0.05) is 19.5 Å². The highest BCUT2D eigenvalue weighted by Crippen LogP contribution is 2.49. The van der Waals surface area contributed by atoms with Crippen molar-refractivity contribution >= 4 is 18.5 Å². The predicted octanol–water partition coefficient (Wildman–Crippen LogP) is 2.35. The lowest BCUT2D eigenvalue weighted by Crippen LogP contribution is -2.39. The van der Waals surface area contributed by atoms with Crippen molar-refractivity contribution in [2.24, 2.45) is 11.3 Å². The van der Waals surface area contributed by atoms with Crippen LogP contribution in [0.25, 0.3) is 0 Å². The molecule has 2 aliphatic rings. The Hall–Kier alpha value is -0.180. The Balaban J connectivity index is 1.81. The van der Waals surface area contributed by atoms with E-state index >= 15 is 0 Å². The van der Waals surface area contributed by atoms with Gasteiger partial charge in [-0.2, -0.15) is 12.6 Å². The minimum Gasteiger partial charge on any atom is -0.343 e. The van der Waals surface area contributed by atoms with Gasteiger partial charge in [-0.1, -0.05) is 6.92 Å². The topological polar surface area (TPSA) is 20.3 Å². The molecule has 0 atom stereocenters. The van der Waals surface area contributed by atoms with Crippen molar-refractivity contribution in [3.8, 4) is 0 Å². The molecule has 2 rings (SSSR count). The van der Waals surface area contributed by atoms with E-state index in [0.29, 0.717) is 5.91 Å². The van der Waals surface area contributed by atoms with Crippen LogP contribution in [0, 0.1) is 11.3 Å². The maximum absolute atomic E-state index is 12.0. The molecule has 0 bridgehead atoms. The number of carbonyl (C=O) groups is 1. The Morgan fingerprint density at radius 2 is 2.00 bits per heavy atom. The molecule has 0 unspecified atom stereocenters. The molecule has 0 spiro atoms. The zero-order valence-electron chi connectivity index (χ0n) is 9.54. The molecule has 1 aliphatic carbocycles. The first-order chi connectivity index (χ1) is 7.15. The normalized spacial score (nSPS) is 25.3. The van der Waals surface area contributed by atoms with Crippen molar-refractivity contribution in [2.45, 2.75) is 39.0 Å². The molecule has 1 saturated carbocycles. The van der Waals surface area contributed by atoms with Gasteiger partial charge in [0.15, 0.2) is 0 Å². The number of carbonyl (C=O) groups excluding carboxylic acids is 1. The molecule has 1 heterocycles. The van der Waals surface area contributed by atoms with Crippen molar-refractivity contribution < 1.29 is 4.79 Å². The fraction of sp³-hybridized carbons (Fsp3) is 0.917. The van der Waals surface area contributed by atoms with Crippen LogP contribution in [0.3, 0.4) is 0 Å². The van der Waals surface area contributed by atoms with E-state index in [-0.39, 0.29) is 5.41 Å². The third-order valence-corrected chi connectivity index (χ3v) is 4.63. The first-order valence-corrected chi connectivity index (χ1v) is 6.67. The van der Waals surface area contributed by atoms with Gasteiger partial charge in [0.25, 0.3) is 0 Å². The number of piperidine rings is 1. The van der Waals surface area contributed by atoms with Crippen molar-refractivity contribution in [2.75, 3.05) is 18.8 Å². The molecule has 0 radical (unpaired) electrons. The molecule has 2 fully saturated rings. The molecule has 0 aromatic rings. The summed E-state index contributed by atoms with van der Waals surface area (Å²) in [5.41, 5.74) is 0.281. The molecule has 86 valence electrons. The van der Waals surface area contributed by atoms with Crippen LogP contribution < -0.4 is 0 Å². The second-order valence-corrected chi connectivity index (χ2v) is 5.71. The standard InChI is InChI=1S/C12H21NOS/c1-10-2-6-13(7-3-10)11(14)8-12(9-15)4-5-12/h10,15H,2-9H2,1H3. The third-order valence-electron chi connectivity index (χ3n) is 3.96. The summed E-state index contributed by atoms with van der Waals surface area (Å²) in [6.45, 7) is 4.23. The van der Waals surface area contributed by atoms with Gasteiger partial charge >= 0.3 is 0 Å². The largest absolute Gasteiger partial charge is 0.343 e. The molecule has 1 saturated heterocycles. The van der Waals surface area contributed by atoms with Gasteiger partial charge in [0.05, 0.1) is 0 Å². The highest BCUT2D eigenvalue weighted by atomic mass is 32.1. The number of rotatable bonds is 3. The van der Waals surface area contributed by atoms with Crippen molar-refractivity contribution in [3.63, 3.8) is 0 Å². The fourth-order valence-corrected chi connectivity index (χ4v) is 2.69.